The molecule has 0 amide bonds. The minimum absolute atomic E-state index is 0.0711. The van der Waals surface area contributed by atoms with Crippen molar-refractivity contribution in [1.82, 2.24) is 4.90 Å². The lowest BCUT2D eigenvalue weighted by Gasteiger charge is -2.52. The molecule has 2 aromatic carbocycles. The number of halogens is 1. The Bertz CT molecular complexity index is 784. The van der Waals surface area contributed by atoms with Crippen molar-refractivity contribution < 1.29 is 19.0 Å². The summed E-state index contributed by atoms with van der Waals surface area (Å²) >= 11 is 0. The second-order valence-electron chi connectivity index (χ2n) is 8.03. The van der Waals surface area contributed by atoms with Gasteiger partial charge >= 0.3 is 0 Å². The fourth-order valence-corrected chi connectivity index (χ4v) is 4.88. The summed E-state index contributed by atoms with van der Waals surface area (Å²) in [4.78, 5) is 2.52. The maximum Gasteiger partial charge on any atom is 0.188 e. The first kappa shape index (κ1) is 19.4. The van der Waals surface area contributed by atoms with E-state index in [-0.39, 0.29) is 18.9 Å². The molecule has 0 spiro atoms. The number of hydrogen-bond donors (Lipinski definition) is 1. The van der Waals surface area contributed by atoms with Crippen LogP contribution in [0.25, 0.3) is 0 Å². The number of nitrogens with zero attached hydrogens (tertiary/aromatic N) is 1. The Hall–Kier alpha value is -1.95. The van der Waals surface area contributed by atoms with Gasteiger partial charge in [-0.25, -0.2) is 4.39 Å². The number of piperidine rings is 2. The molecule has 5 heteroatoms. The molecule has 4 rings (SSSR count). The van der Waals surface area contributed by atoms with Crippen molar-refractivity contribution in [3.63, 3.8) is 0 Å². The van der Waals surface area contributed by atoms with Crippen molar-refractivity contribution in [2.75, 3.05) is 13.9 Å². The molecule has 28 heavy (non-hydrogen) atoms. The van der Waals surface area contributed by atoms with Crippen LogP contribution in [0.4, 0.5) is 4.39 Å². The van der Waals surface area contributed by atoms with E-state index in [9.17, 15) is 9.50 Å². The van der Waals surface area contributed by atoms with Gasteiger partial charge in [0, 0.05) is 37.4 Å². The minimum atomic E-state index is -1.13. The van der Waals surface area contributed by atoms with Gasteiger partial charge in [-0.1, -0.05) is 36.8 Å². The molecule has 150 valence electrons. The summed E-state index contributed by atoms with van der Waals surface area (Å²) in [6, 6.07) is 15.7. The van der Waals surface area contributed by atoms with Crippen molar-refractivity contribution in [3.8, 4) is 5.75 Å². The predicted molar refractivity (Wildman–Crippen MR) is 105 cm³/mol. The van der Waals surface area contributed by atoms with Gasteiger partial charge in [-0.15, -0.1) is 0 Å². The molecule has 2 unspecified atom stereocenters. The van der Waals surface area contributed by atoms with E-state index in [0.29, 0.717) is 24.2 Å². The van der Waals surface area contributed by atoms with Gasteiger partial charge in [-0.05, 0) is 43.4 Å². The monoisotopic (exact) mass is 385 g/mol. The summed E-state index contributed by atoms with van der Waals surface area (Å²) in [7, 11) is 1.52. The van der Waals surface area contributed by atoms with E-state index in [1.54, 1.807) is 12.1 Å². The average molecular weight is 385 g/mol. The number of rotatable bonds is 6. The number of fused-ring (bicyclic) bond motifs is 2. The molecule has 0 aliphatic carbocycles. The Morgan fingerprint density at radius 3 is 2.46 bits per heavy atom. The fraction of sp³-hybridized carbons (Fsp3) is 0.478. The largest absolute Gasteiger partial charge is 0.467 e. The summed E-state index contributed by atoms with van der Waals surface area (Å²) in [6.45, 7) is 0.959. The maximum absolute atomic E-state index is 14.8. The third-order valence-corrected chi connectivity index (χ3v) is 6.15. The summed E-state index contributed by atoms with van der Waals surface area (Å²) < 4.78 is 25.0. The van der Waals surface area contributed by atoms with E-state index in [0.717, 1.165) is 19.4 Å². The number of benzene rings is 2. The molecule has 2 saturated heterocycles. The third-order valence-electron chi connectivity index (χ3n) is 6.15. The molecule has 1 N–H and O–H groups in total. The molecule has 0 saturated carbocycles. The molecule has 2 aromatic rings. The van der Waals surface area contributed by atoms with E-state index in [4.69, 9.17) is 9.47 Å². The SMILES string of the molecule is COCOc1ccc(C2(O)CC3CCCC(C2)N3Cc2ccccc2)c(F)c1. The Morgan fingerprint density at radius 2 is 1.82 bits per heavy atom. The Balaban J connectivity index is 1.54. The predicted octanol–water partition coefficient (Wildman–Crippen LogP) is 4.21. The highest BCUT2D eigenvalue weighted by Crippen LogP contribution is 2.45. The second kappa shape index (κ2) is 8.19. The highest BCUT2D eigenvalue weighted by molar-refractivity contribution is 5.33. The van der Waals surface area contributed by atoms with Crippen LogP contribution >= 0.6 is 0 Å². The van der Waals surface area contributed by atoms with Gasteiger partial charge in [0.25, 0.3) is 0 Å². The van der Waals surface area contributed by atoms with Crippen LogP contribution in [0.3, 0.4) is 0 Å². The molecular weight excluding hydrogens is 357 g/mol. The third kappa shape index (κ3) is 3.93. The number of methoxy groups -OCH3 is 1. The highest BCUT2D eigenvalue weighted by Gasteiger charge is 2.47. The lowest BCUT2D eigenvalue weighted by Crippen LogP contribution is -2.56. The van der Waals surface area contributed by atoms with Crippen LogP contribution in [0.15, 0.2) is 48.5 Å². The zero-order valence-corrected chi connectivity index (χ0v) is 16.3. The second-order valence-corrected chi connectivity index (χ2v) is 8.03. The van der Waals surface area contributed by atoms with E-state index in [1.165, 1.54) is 25.2 Å². The number of ether oxygens (including phenoxy) is 2. The van der Waals surface area contributed by atoms with Gasteiger partial charge in [0.2, 0.25) is 0 Å². The Labute approximate surface area is 165 Å². The zero-order valence-electron chi connectivity index (χ0n) is 16.3. The van der Waals surface area contributed by atoms with Gasteiger partial charge in [0.05, 0.1) is 5.60 Å². The first-order valence-electron chi connectivity index (χ1n) is 10.0. The van der Waals surface area contributed by atoms with E-state index >= 15 is 0 Å². The normalized spacial score (nSPS) is 27.5. The zero-order chi connectivity index (χ0) is 19.6. The van der Waals surface area contributed by atoms with Crippen LogP contribution in [0.2, 0.25) is 0 Å². The lowest BCUT2D eigenvalue weighted by atomic mass is 9.72. The van der Waals surface area contributed by atoms with E-state index in [1.807, 2.05) is 6.07 Å². The molecule has 2 aliphatic heterocycles. The van der Waals surface area contributed by atoms with Crippen LogP contribution in [0.1, 0.15) is 43.2 Å². The molecule has 2 aliphatic rings. The molecular formula is C23H28FNO3. The molecule has 4 nitrogen and oxygen atoms in total. The quantitative estimate of drug-likeness (QED) is 0.757. The van der Waals surface area contributed by atoms with Crippen molar-refractivity contribution in [1.29, 1.82) is 0 Å². The summed E-state index contributed by atoms with van der Waals surface area (Å²) in [5.74, 6) is -0.000839. The average Bonchev–Trinajstić information content (AvgIpc) is 2.68. The Kier molecular flexibility index (Phi) is 5.67. The standard InChI is InChI=1S/C23H28FNO3/c1-27-16-28-20-10-11-21(22(24)12-20)23(26)13-18-8-5-9-19(14-23)25(18)15-17-6-3-2-4-7-17/h2-4,6-7,10-12,18-19,26H,5,8-9,13-16H2,1H3. The Morgan fingerprint density at radius 1 is 1.11 bits per heavy atom. The molecule has 0 aromatic heterocycles. The summed E-state index contributed by atoms with van der Waals surface area (Å²) in [6.07, 6.45) is 4.38. The van der Waals surface area contributed by atoms with Crippen molar-refractivity contribution in [2.24, 2.45) is 0 Å². The van der Waals surface area contributed by atoms with E-state index < -0.39 is 11.4 Å². The lowest BCUT2D eigenvalue weighted by molar-refractivity contribution is -0.101. The van der Waals surface area contributed by atoms with Crippen molar-refractivity contribution in [3.05, 3.63) is 65.5 Å². The molecule has 2 bridgehead atoms. The maximum atomic E-state index is 14.8. The van der Waals surface area contributed by atoms with Crippen molar-refractivity contribution in [2.45, 2.75) is 56.3 Å². The summed E-state index contributed by atoms with van der Waals surface area (Å²) in [5, 5.41) is 11.4. The van der Waals surface area contributed by atoms with Crippen LogP contribution in [-0.4, -0.2) is 36.0 Å². The molecule has 0 radical (unpaired) electrons. The van der Waals surface area contributed by atoms with Crippen LogP contribution in [0.5, 0.6) is 5.75 Å². The molecule has 2 fully saturated rings. The van der Waals surface area contributed by atoms with Gasteiger partial charge in [-0.2, -0.15) is 0 Å². The highest BCUT2D eigenvalue weighted by atomic mass is 19.1. The van der Waals surface area contributed by atoms with Crippen LogP contribution in [-0.2, 0) is 16.9 Å². The first-order valence-corrected chi connectivity index (χ1v) is 10.0. The summed E-state index contributed by atoms with van der Waals surface area (Å²) in [5.41, 5.74) is 0.538. The van der Waals surface area contributed by atoms with Crippen molar-refractivity contribution >= 4 is 0 Å². The molecule has 2 heterocycles. The van der Waals surface area contributed by atoms with Gasteiger partial charge < -0.3 is 14.6 Å². The number of aliphatic hydroxyl groups is 1. The minimum Gasteiger partial charge on any atom is -0.467 e. The van der Waals surface area contributed by atoms with E-state index in [2.05, 4.69) is 29.2 Å². The molecule has 2 atom stereocenters. The topological polar surface area (TPSA) is 41.9 Å². The smallest absolute Gasteiger partial charge is 0.188 e. The van der Waals surface area contributed by atoms with Crippen LogP contribution in [0, 0.1) is 5.82 Å². The van der Waals surface area contributed by atoms with Gasteiger partial charge in [-0.3, -0.25) is 4.90 Å². The van der Waals surface area contributed by atoms with Crippen LogP contribution < -0.4 is 4.74 Å². The number of hydrogen-bond acceptors (Lipinski definition) is 4. The first-order chi connectivity index (χ1) is 13.6. The van der Waals surface area contributed by atoms with Gasteiger partial charge in [0.1, 0.15) is 11.6 Å². The fourth-order valence-electron chi connectivity index (χ4n) is 4.88. The van der Waals surface area contributed by atoms with Gasteiger partial charge in [0.15, 0.2) is 6.79 Å².